The Morgan fingerprint density at radius 2 is 2.11 bits per heavy atom. The van der Waals surface area contributed by atoms with E-state index >= 15 is 0 Å². The fourth-order valence-corrected chi connectivity index (χ4v) is 2.84. The van der Waals surface area contributed by atoms with Crippen LogP contribution in [0.5, 0.6) is 5.75 Å². The molecule has 1 aromatic carbocycles. The molecule has 0 aliphatic rings. The number of thiazole rings is 1. The third-order valence-corrected chi connectivity index (χ3v) is 4.02. The summed E-state index contributed by atoms with van der Waals surface area (Å²) in [5.41, 5.74) is 8.26. The summed E-state index contributed by atoms with van der Waals surface area (Å²) in [5.74, 6) is 1.34. The highest BCUT2D eigenvalue weighted by Crippen LogP contribution is 2.22. The Kier molecular flexibility index (Phi) is 4.93. The number of nitrogens with zero attached hydrogens (tertiary/aromatic N) is 1. The van der Waals surface area contributed by atoms with E-state index in [0.29, 0.717) is 12.5 Å². The van der Waals surface area contributed by atoms with Crippen LogP contribution in [0.25, 0.3) is 0 Å². The van der Waals surface area contributed by atoms with Gasteiger partial charge in [-0.2, -0.15) is 0 Å². The standard InChI is InChI=1S/C15H20N2OS/c1-11-17-14(10-19-11)8-12(9-16)7-13-5-3-4-6-15(13)18-2/h3-6,10,12H,7-9,16H2,1-2H3. The van der Waals surface area contributed by atoms with E-state index in [4.69, 9.17) is 10.5 Å². The van der Waals surface area contributed by atoms with Crippen molar-refractivity contribution in [1.29, 1.82) is 0 Å². The molecular weight excluding hydrogens is 256 g/mol. The van der Waals surface area contributed by atoms with Gasteiger partial charge in [0.1, 0.15) is 5.75 Å². The molecule has 0 bridgehead atoms. The van der Waals surface area contributed by atoms with Gasteiger partial charge in [0.25, 0.3) is 0 Å². The molecule has 1 heterocycles. The molecule has 0 fully saturated rings. The summed E-state index contributed by atoms with van der Waals surface area (Å²) in [4.78, 5) is 4.51. The van der Waals surface area contributed by atoms with Crippen molar-refractivity contribution >= 4 is 11.3 Å². The van der Waals surface area contributed by atoms with Crippen molar-refractivity contribution in [3.05, 3.63) is 45.9 Å². The molecule has 2 aromatic rings. The molecule has 1 unspecified atom stereocenters. The minimum atomic E-state index is 0.401. The number of nitrogens with two attached hydrogens (primary N) is 1. The lowest BCUT2D eigenvalue weighted by Gasteiger charge is -2.15. The topological polar surface area (TPSA) is 48.1 Å². The summed E-state index contributed by atoms with van der Waals surface area (Å²) in [5, 5.41) is 3.24. The maximum absolute atomic E-state index is 5.90. The molecule has 0 spiro atoms. The molecule has 19 heavy (non-hydrogen) atoms. The zero-order valence-corrected chi connectivity index (χ0v) is 12.2. The van der Waals surface area contributed by atoms with Crippen LogP contribution in [-0.4, -0.2) is 18.6 Å². The van der Waals surface area contributed by atoms with Gasteiger partial charge in [0.2, 0.25) is 0 Å². The van der Waals surface area contributed by atoms with E-state index in [2.05, 4.69) is 16.4 Å². The molecule has 1 aromatic heterocycles. The van der Waals surface area contributed by atoms with Crippen LogP contribution in [0.4, 0.5) is 0 Å². The summed E-state index contributed by atoms with van der Waals surface area (Å²) in [6.07, 6.45) is 1.86. The number of hydrogen-bond donors (Lipinski definition) is 1. The van der Waals surface area contributed by atoms with Crippen molar-refractivity contribution in [2.45, 2.75) is 19.8 Å². The summed E-state index contributed by atoms with van der Waals surface area (Å²) in [6.45, 7) is 2.69. The van der Waals surface area contributed by atoms with Gasteiger partial charge in [-0.3, -0.25) is 0 Å². The highest BCUT2D eigenvalue weighted by molar-refractivity contribution is 7.09. The highest BCUT2D eigenvalue weighted by Gasteiger charge is 2.13. The van der Waals surface area contributed by atoms with Gasteiger partial charge < -0.3 is 10.5 Å². The molecule has 2 N–H and O–H groups in total. The van der Waals surface area contributed by atoms with E-state index in [0.717, 1.165) is 29.3 Å². The number of benzene rings is 1. The molecule has 2 rings (SSSR count). The van der Waals surface area contributed by atoms with Crippen LogP contribution in [0.2, 0.25) is 0 Å². The Balaban J connectivity index is 2.06. The second kappa shape index (κ2) is 6.68. The first kappa shape index (κ1) is 14.0. The van der Waals surface area contributed by atoms with Gasteiger partial charge in [-0.15, -0.1) is 11.3 Å². The fraction of sp³-hybridized carbons (Fsp3) is 0.400. The van der Waals surface area contributed by atoms with Gasteiger partial charge >= 0.3 is 0 Å². The summed E-state index contributed by atoms with van der Waals surface area (Å²) in [6, 6.07) is 8.13. The average Bonchev–Trinajstić information content (AvgIpc) is 2.84. The van der Waals surface area contributed by atoms with Crippen molar-refractivity contribution in [2.75, 3.05) is 13.7 Å². The van der Waals surface area contributed by atoms with Crippen LogP contribution in [0.1, 0.15) is 16.3 Å². The molecule has 0 saturated heterocycles. The van der Waals surface area contributed by atoms with E-state index in [1.54, 1.807) is 18.4 Å². The number of aromatic nitrogens is 1. The molecule has 1 atom stereocenters. The van der Waals surface area contributed by atoms with Crippen LogP contribution in [0.15, 0.2) is 29.6 Å². The lowest BCUT2D eigenvalue weighted by molar-refractivity contribution is 0.403. The Hall–Kier alpha value is -1.39. The van der Waals surface area contributed by atoms with E-state index in [9.17, 15) is 0 Å². The van der Waals surface area contributed by atoms with Crippen molar-refractivity contribution < 1.29 is 4.74 Å². The quantitative estimate of drug-likeness (QED) is 0.882. The molecule has 0 aliphatic carbocycles. The van der Waals surface area contributed by atoms with Gasteiger partial charge in [-0.05, 0) is 43.9 Å². The van der Waals surface area contributed by atoms with Crippen LogP contribution >= 0.6 is 11.3 Å². The van der Waals surface area contributed by atoms with Crippen molar-refractivity contribution in [1.82, 2.24) is 4.98 Å². The molecule has 4 heteroatoms. The monoisotopic (exact) mass is 276 g/mol. The Morgan fingerprint density at radius 3 is 2.74 bits per heavy atom. The summed E-state index contributed by atoms with van der Waals surface area (Å²) >= 11 is 1.69. The average molecular weight is 276 g/mol. The zero-order valence-electron chi connectivity index (χ0n) is 11.4. The second-order valence-electron chi connectivity index (χ2n) is 4.68. The third-order valence-electron chi connectivity index (χ3n) is 3.20. The highest BCUT2D eigenvalue weighted by atomic mass is 32.1. The second-order valence-corrected chi connectivity index (χ2v) is 5.74. The van der Waals surface area contributed by atoms with E-state index in [-0.39, 0.29) is 0 Å². The van der Waals surface area contributed by atoms with Gasteiger partial charge in [0.15, 0.2) is 0 Å². The number of para-hydroxylation sites is 1. The largest absolute Gasteiger partial charge is 0.496 e. The Bertz CT molecular complexity index is 524. The molecule has 0 aliphatic heterocycles. The number of aryl methyl sites for hydroxylation is 1. The van der Waals surface area contributed by atoms with Crippen LogP contribution < -0.4 is 10.5 Å². The third kappa shape index (κ3) is 3.78. The van der Waals surface area contributed by atoms with Gasteiger partial charge in [-0.25, -0.2) is 4.98 Å². The normalized spacial score (nSPS) is 12.4. The molecule has 0 saturated carbocycles. The zero-order chi connectivity index (χ0) is 13.7. The predicted octanol–water partition coefficient (Wildman–Crippen LogP) is 2.82. The molecule has 0 amide bonds. The maximum atomic E-state index is 5.90. The SMILES string of the molecule is COc1ccccc1CC(CN)Cc1csc(C)n1. The molecule has 102 valence electrons. The molecule has 0 radical (unpaired) electrons. The number of ether oxygens (including phenoxy) is 1. The maximum Gasteiger partial charge on any atom is 0.122 e. The van der Waals surface area contributed by atoms with Crippen molar-refractivity contribution in [3.8, 4) is 5.75 Å². The van der Waals surface area contributed by atoms with Crippen LogP contribution in [0, 0.1) is 12.8 Å². The molecule has 3 nitrogen and oxygen atoms in total. The minimum Gasteiger partial charge on any atom is -0.496 e. The number of rotatable bonds is 6. The lowest BCUT2D eigenvalue weighted by Crippen LogP contribution is -2.19. The van der Waals surface area contributed by atoms with E-state index in [1.807, 2.05) is 25.1 Å². The first-order valence-corrected chi connectivity index (χ1v) is 7.34. The van der Waals surface area contributed by atoms with E-state index in [1.165, 1.54) is 5.56 Å². The smallest absolute Gasteiger partial charge is 0.122 e. The van der Waals surface area contributed by atoms with Crippen LogP contribution in [0.3, 0.4) is 0 Å². The Morgan fingerprint density at radius 1 is 1.32 bits per heavy atom. The first-order valence-electron chi connectivity index (χ1n) is 6.46. The van der Waals surface area contributed by atoms with Gasteiger partial charge in [0.05, 0.1) is 17.8 Å². The Labute approximate surface area is 118 Å². The number of methoxy groups -OCH3 is 1. The van der Waals surface area contributed by atoms with Crippen molar-refractivity contribution in [2.24, 2.45) is 11.7 Å². The molecular formula is C15H20N2OS. The summed E-state index contributed by atoms with van der Waals surface area (Å²) < 4.78 is 5.39. The minimum absolute atomic E-state index is 0.401. The fourth-order valence-electron chi connectivity index (χ4n) is 2.22. The van der Waals surface area contributed by atoms with Gasteiger partial charge in [-0.1, -0.05) is 18.2 Å². The van der Waals surface area contributed by atoms with Crippen molar-refractivity contribution in [3.63, 3.8) is 0 Å². The lowest BCUT2D eigenvalue weighted by atomic mass is 9.94. The van der Waals surface area contributed by atoms with Gasteiger partial charge in [0, 0.05) is 5.38 Å². The summed E-state index contributed by atoms with van der Waals surface area (Å²) in [7, 11) is 1.71. The van der Waals surface area contributed by atoms with E-state index < -0.39 is 0 Å². The first-order chi connectivity index (χ1) is 9.22. The predicted molar refractivity (Wildman–Crippen MR) is 79.8 cm³/mol. The van der Waals surface area contributed by atoms with Crippen LogP contribution in [-0.2, 0) is 12.8 Å². The number of hydrogen-bond acceptors (Lipinski definition) is 4.